The van der Waals surface area contributed by atoms with Crippen molar-refractivity contribution in [2.24, 2.45) is 0 Å². The first-order chi connectivity index (χ1) is 15.5. The molecule has 3 amide bonds. The highest BCUT2D eigenvalue weighted by Gasteiger charge is 2.24. The number of carbonyl (C=O) groups is 2. The van der Waals surface area contributed by atoms with Gasteiger partial charge >= 0.3 is 6.03 Å². The Morgan fingerprint density at radius 2 is 1.69 bits per heavy atom. The lowest BCUT2D eigenvalue weighted by Crippen LogP contribution is -2.38. The number of aromatic nitrogens is 3. The summed E-state index contributed by atoms with van der Waals surface area (Å²) in [5.74, 6) is 0.890. The van der Waals surface area contributed by atoms with Crippen LogP contribution in [0.4, 0.5) is 10.5 Å². The van der Waals surface area contributed by atoms with Gasteiger partial charge in [-0.25, -0.2) is 4.79 Å². The van der Waals surface area contributed by atoms with Gasteiger partial charge in [-0.1, -0.05) is 48.2 Å². The molecule has 0 aliphatic carbocycles. The summed E-state index contributed by atoms with van der Waals surface area (Å²) in [6, 6.07) is 19.8. The lowest BCUT2D eigenvalue weighted by Gasteiger charge is -2.13. The Labute approximate surface area is 189 Å². The number of aryl methyl sites for hydroxylation is 1. The third kappa shape index (κ3) is 4.73. The zero-order valence-electron chi connectivity index (χ0n) is 17.5. The van der Waals surface area contributed by atoms with E-state index in [4.69, 9.17) is 4.42 Å². The number of para-hydroxylation sites is 2. The fourth-order valence-electron chi connectivity index (χ4n) is 3.06. The lowest BCUT2D eigenvalue weighted by atomic mass is 10.2. The lowest BCUT2D eigenvalue weighted by molar-refractivity contribution is -0.119. The van der Waals surface area contributed by atoms with E-state index in [1.54, 1.807) is 37.5 Å². The summed E-state index contributed by atoms with van der Waals surface area (Å²) >= 11 is 1.21. The van der Waals surface area contributed by atoms with E-state index >= 15 is 0 Å². The van der Waals surface area contributed by atoms with Gasteiger partial charge in [0.05, 0.1) is 17.1 Å². The normalized spacial score (nSPS) is 11.7. The van der Waals surface area contributed by atoms with Gasteiger partial charge in [-0.15, -0.1) is 10.2 Å². The van der Waals surface area contributed by atoms with Gasteiger partial charge < -0.3 is 9.73 Å². The monoisotopic (exact) mass is 447 g/mol. The smallest absolute Gasteiger partial charge is 0.325 e. The first-order valence-corrected chi connectivity index (χ1v) is 10.8. The van der Waals surface area contributed by atoms with E-state index in [9.17, 15) is 9.59 Å². The number of hydrogen-bond donors (Lipinski definition) is 2. The van der Waals surface area contributed by atoms with E-state index in [1.807, 2.05) is 54.0 Å². The van der Waals surface area contributed by atoms with E-state index in [2.05, 4.69) is 20.8 Å². The van der Waals surface area contributed by atoms with Crippen molar-refractivity contribution in [1.82, 2.24) is 20.1 Å². The van der Waals surface area contributed by atoms with Gasteiger partial charge in [-0.2, -0.15) is 0 Å². The minimum absolute atomic E-state index is 0.438. The standard InChI is InChI=1S/C23H21N5O3S/c1-15-19(13-14-31-15)20-26-27-23(28(20)18-11-7-4-8-12-18)32-16(2)21(29)25-22(30)24-17-9-5-3-6-10-17/h3-14,16H,1-2H3,(H2,24,25,29,30). The highest BCUT2D eigenvalue weighted by atomic mass is 32.2. The van der Waals surface area contributed by atoms with Gasteiger partial charge in [-0.3, -0.25) is 14.7 Å². The zero-order chi connectivity index (χ0) is 22.5. The summed E-state index contributed by atoms with van der Waals surface area (Å²) in [6.45, 7) is 3.57. The van der Waals surface area contributed by atoms with Crippen LogP contribution in [0.1, 0.15) is 12.7 Å². The quantitative estimate of drug-likeness (QED) is 0.417. The van der Waals surface area contributed by atoms with Crippen molar-refractivity contribution in [3.63, 3.8) is 0 Å². The number of nitrogens with one attached hydrogen (secondary N) is 2. The fourth-order valence-corrected chi connectivity index (χ4v) is 3.92. The summed E-state index contributed by atoms with van der Waals surface area (Å²) < 4.78 is 7.31. The molecule has 2 aromatic carbocycles. The van der Waals surface area contributed by atoms with Crippen molar-refractivity contribution in [2.75, 3.05) is 5.32 Å². The summed E-state index contributed by atoms with van der Waals surface area (Å²) in [5, 5.41) is 13.6. The van der Waals surface area contributed by atoms with Crippen LogP contribution in [-0.2, 0) is 4.79 Å². The van der Waals surface area contributed by atoms with Crippen LogP contribution in [0, 0.1) is 6.92 Å². The van der Waals surface area contributed by atoms with Crippen LogP contribution in [0.3, 0.4) is 0 Å². The van der Waals surface area contributed by atoms with Crippen LogP contribution in [0.2, 0.25) is 0 Å². The van der Waals surface area contributed by atoms with Crippen LogP contribution in [0.15, 0.2) is 82.6 Å². The molecule has 2 heterocycles. The molecule has 32 heavy (non-hydrogen) atoms. The number of hydrogen-bond acceptors (Lipinski definition) is 6. The zero-order valence-corrected chi connectivity index (χ0v) is 18.3. The number of anilines is 1. The molecule has 2 aromatic heterocycles. The van der Waals surface area contributed by atoms with Crippen molar-refractivity contribution in [3.8, 4) is 17.1 Å². The average Bonchev–Trinajstić information content (AvgIpc) is 3.40. The molecule has 0 aliphatic rings. The molecule has 0 spiro atoms. The number of urea groups is 1. The minimum Gasteiger partial charge on any atom is -0.469 e. The number of carbonyl (C=O) groups excluding carboxylic acids is 2. The number of thioether (sulfide) groups is 1. The molecule has 9 heteroatoms. The van der Waals surface area contributed by atoms with Crippen molar-refractivity contribution < 1.29 is 14.0 Å². The number of imide groups is 1. The third-order valence-electron chi connectivity index (χ3n) is 4.67. The summed E-state index contributed by atoms with van der Waals surface area (Å²) in [5.41, 5.74) is 2.26. The third-order valence-corrected chi connectivity index (χ3v) is 5.71. The summed E-state index contributed by atoms with van der Waals surface area (Å²) in [6.07, 6.45) is 1.60. The maximum Gasteiger partial charge on any atom is 0.325 e. The van der Waals surface area contributed by atoms with Crippen molar-refractivity contribution in [3.05, 3.63) is 78.8 Å². The Morgan fingerprint density at radius 3 is 2.34 bits per heavy atom. The molecule has 162 valence electrons. The van der Waals surface area contributed by atoms with Gasteiger partial charge in [0.2, 0.25) is 5.91 Å². The van der Waals surface area contributed by atoms with E-state index in [0.717, 1.165) is 17.0 Å². The molecule has 4 rings (SSSR count). The predicted octanol–water partition coefficient (Wildman–Crippen LogP) is 4.66. The Bertz CT molecular complexity index is 1220. The first-order valence-electron chi connectivity index (χ1n) is 9.92. The van der Waals surface area contributed by atoms with Gasteiger partial charge in [0.15, 0.2) is 11.0 Å². The number of rotatable bonds is 6. The molecular weight excluding hydrogens is 426 g/mol. The van der Waals surface area contributed by atoms with Crippen molar-refractivity contribution >= 4 is 29.4 Å². The largest absolute Gasteiger partial charge is 0.469 e. The number of benzene rings is 2. The summed E-state index contributed by atoms with van der Waals surface area (Å²) in [7, 11) is 0. The molecule has 1 atom stereocenters. The fraction of sp³-hybridized carbons (Fsp3) is 0.130. The average molecular weight is 448 g/mol. The Kier molecular flexibility index (Phi) is 6.37. The van der Waals surface area contributed by atoms with Crippen LogP contribution in [-0.4, -0.2) is 32.0 Å². The molecular formula is C23H21N5O3S. The second kappa shape index (κ2) is 9.52. The molecule has 2 N–H and O–H groups in total. The SMILES string of the molecule is Cc1occc1-c1nnc(SC(C)C(=O)NC(=O)Nc2ccccc2)n1-c1ccccc1. The second-order valence-electron chi connectivity index (χ2n) is 6.94. The molecule has 0 saturated heterocycles. The van der Waals surface area contributed by atoms with Gasteiger partial charge in [0.1, 0.15) is 5.76 Å². The topological polar surface area (TPSA) is 102 Å². The van der Waals surface area contributed by atoms with E-state index in [1.165, 1.54) is 11.8 Å². The van der Waals surface area contributed by atoms with E-state index in [0.29, 0.717) is 16.7 Å². The van der Waals surface area contributed by atoms with E-state index < -0.39 is 17.2 Å². The maximum absolute atomic E-state index is 12.6. The second-order valence-corrected chi connectivity index (χ2v) is 8.25. The molecule has 8 nitrogen and oxygen atoms in total. The highest BCUT2D eigenvalue weighted by Crippen LogP contribution is 2.31. The molecule has 1 unspecified atom stereocenters. The van der Waals surface area contributed by atoms with Crippen LogP contribution in [0.25, 0.3) is 17.1 Å². The molecule has 0 fully saturated rings. The number of furan rings is 1. The van der Waals surface area contributed by atoms with Crippen molar-refractivity contribution in [1.29, 1.82) is 0 Å². The van der Waals surface area contributed by atoms with Crippen LogP contribution >= 0.6 is 11.8 Å². The van der Waals surface area contributed by atoms with Crippen molar-refractivity contribution in [2.45, 2.75) is 24.3 Å². The molecule has 0 bridgehead atoms. The molecule has 0 saturated carbocycles. The minimum atomic E-state index is -0.596. The van der Waals surface area contributed by atoms with Gasteiger partial charge in [0.25, 0.3) is 0 Å². The Hall–Kier alpha value is -3.85. The molecule has 0 aliphatic heterocycles. The summed E-state index contributed by atoms with van der Waals surface area (Å²) in [4.78, 5) is 24.8. The molecule has 0 radical (unpaired) electrons. The number of nitrogens with zero attached hydrogens (tertiary/aromatic N) is 3. The highest BCUT2D eigenvalue weighted by molar-refractivity contribution is 8.00. The molecule has 4 aromatic rings. The number of amides is 3. The van der Waals surface area contributed by atoms with Crippen LogP contribution < -0.4 is 10.6 Å². The van der Waals surface area contributed by atoms with Gasteiger partial charge in [0, 0.05) is 11.4 Å². The van der Waals surface area contributed by atoms with Gasteiger partial charge in [-0.05, 0) is 44.2 Å². The Balaban J connectivity index is 1.53. The van der Waals surface area contributed by atoms with Crippen LogP contribution in [0.5, 0.6) is 0 Å². The Morgan fingerprint density at radius 1 is 1.00 bits per heavy atom. The first kappa shape index (κ1) is 21.4. The predicted molar refractivity (Wildman–Crippen MR) is 123 cm³/mol. The maximum atomic E-state index is 12.6. The van der Waals surface area contributed by atoms with E-state index in [-0.39, 0.29) is 0 Å².